The predicted molar refractivity (Wildman–Crippen MR) is 102 cm³/mol. The molecule has 0 aliphatic heterocycles. The molecule has 0 saturated heterocycles. The van der Waals surface area contributed by atoms with Crippen molar-refractivity contribution in [2.45, 2.75) is 0 Å². The lowest BCUT2D eigenvalue weighted by atomic mass is 10.1. The number of H-pyrrole nitrogens is 1. The number of rotatable bonds is 2. The first-order chi connectivity index (χ1) is 12.3. The smallest absolute Gasteiger partial charge is 0.139 e. The van der Waals surface area contributed by atoms with Crippen molar-refractivity contribution in [3.05, 3.63) is 72.8 Å². The highest BCUT2D eigenvalue weighted by molar-refractivity contribution is 6.16. The number of phenolic OH excluding ortho intramolecular Hbond substituents is 1. The minimum absolute atomic E-state index is 0.215. The summed E-state index contributed by atoms with van der Waals surface area (Å²) in [5.74, 6) is 0.215. The lowest BCUT2D eigenvalue weighted by molar-refractivity contribution is 0.478. The molecule has 0 amide bonds. The number of aromatic amines is 1. The Morgan fingerprint density at radius 1 is 0.800 bits per heavy atom. The van der Waals surface area contributed by atoms with Crippen molar-refractivity contribution in [1.29, 1.82) is 0 Å². The largest absolute Gasteiger partial charge is 0.506 e. The van der Waals surface area contributed by atoms with Gasteiger partial charge in [-0.25, -0.2) is 4.98 Å². The molecule has 3 aromatic carbocycles. The summed E-state index contributed by atoms with van der Waals surface area (Å²) in [6, 6.07) is 23.4. The average Bonchev–Trinajstić information content (AvgIpc) is 3.02. The summed E-state index contributed by atoms with van der Waals surface area (Å²) in [7, 11) is 0. The third kappa shape index (κ3) is 2.11. The van der Waals surface area contributed by atoms with E-state index in [1.807, 2.05) is 60.7 Å². The second-order valence-corrected chi connectivity index (χ2v) is 6.04. The molecule has 2 heterocycles. The normalized spacial score (nSPS) is 11.4. The Balaban J connectivity index is 1.88. The number of hydrogen-bond donors (Lipinski definition) is 3. The highest BCUT2D eigenvalue weighted by atomic mass is 16.3. The number of fused-ring (bicyclic) bond motifs is 4. The molecule has 0 saturated carbocycles. The van der Waals surface area contributed by atoms with Crippen molar-refractivity contribution in [3.63, 3.8) is 0 Å². The Hall–Kier alpha value is -3.53. The first kappa shape index (κ1) is 13.9. The molecule has 2 aromatic heterocycles. The molecule has 0 spiro atoms. The summed E-state index contributed by atoms with van der Waals surface area (Å²) in [5.41, 5.74) is 5.39. The van der Waals surface area contributed by atoms with Gasteiger partial charge in [0.25, 0.3) is 0 Å². The number of anilines is 2. The van der Waals surface area contributed by atoms with Gasteiger partial charge < -0.3 is 15.4 Å². The Labute approximate surface area is 143 Å². The van der Waals surface area contributed by atoms with Crippen LogP contribution in [0.3, 0.4) is 0 Å². The predicted octanol–water partition coefficient (Wildman–Crippen LogP) is 5.32. The molecular formula is C21H15N3O. The first-order valence-electron chi connectivity index (χ1n) is 8.15. The van der Waals surface area contributed by atoms with Crippen LogP contribution in [0.2, 0.25) is 0 Å². The zero-order chi connectivity index (χ0) is 16.8. The summed E-state index contributed by atoms with van der Waals surface area (Å²) >= 11 is 0. The van der Waals surface area contributed by atoms with Crippen molar-refractivity contribution >= 4 is 44.2 Å². The van der Waals surface area contributed by atoms with Gasteiger partial charge >= 0.3 is 0 Å². The number of nitrogens with zero attached hydrogens (tertiary/aromatic N) is 1. The van der Waals surface area contributed by atoms with Crippen LogP contribution in [-0.2, 0) is 0 Å². The van der Waals surface area contributed by atoms with Crippen LogP contribution >= 0.6 is 0 Å². The van der Waals surface area contributed by atoms with Crippen LogP contribution < -0.4 is 5.32 Å². The van der Waals surface area contributed by atoms with Crippen LogP contribution in [0.4, 0.5) is 11.4 Å². The van der Waals surface area contributed by atoms with E-state index in [0.717, 1.165) is 38.5 Å². The van der Waals surface area contributed by atoms with E-state index in [-0.39, 0.29) is 5.75 Å². The summed E-state index contributed by atoms with van der Waals surface area (Å²) in [5, 5.41) is 15.7. The van der Waals surface area contributed by atoms with Crippen molar-refractivity contribution in [2.24, 2.45) is 0 Å². The second kappa shape index (κ2) is 5.24. The molecular weight excluding hydrogens is 310 g/mol. The van der Waals surface area contributed by atoms with Crippen LogP contribution in [0.25, 0.3) is 32.8 Å². The van der Waals surface area contributed by atoms with E-state index >= 15 is 0 Å². The quantitative estimate of drug-likeness (QED) is 0.385. The minimum Gasteiger partial charge on any atom is -0.506 e. The standard InChI is InChI=1S/C21H15N3O/c25-18-12-6-5-11-17(18)24-20-13-7-1-3-9-15(13)22-19-14-8-2-4-10-16(14)23-21(19)20/h1-12,23,25H,(H,22,24). The van der Waals surface area contributed by atoms with Crippen LogP contribution in [0.1, 0.15) is 0 Å². The fourth-order valence-electron chi connectivity index (χ4n) is 3.31. The zero-order valence-electron chi connectivity index (χ0n) is 13.3. The molecule has 0 bridgehead atoms. The molecule has 0 aliphatic rings. The highest BCUT2D eigenvalue weighted by Crippen LogP contribution is 2.37. The molecule has 25 heavy (non-hydrogen) atoms. The van der Waals surface area contributed by atoms with Crippen LogP contribution in [0.5, 0.6) is 5.75 Å². The highest BCUT2D eigenvalue weighted by Gasteiger charge is 2.14. The van der Waals surface area contributed by atoms with E-state index in [2.05, 4.69) is 16.4 Å². The van der Waals surface area contributed by atoms with E-state index < -0.39 is 0 Å². The lowest BCUT2D eigenvalue weighted by Gasteiger charge is -2.12. The monoisotopic (exact) mass is 325 g/mol. The van der Waals surface area contributed by atoms with E-state index in [4.69, 9.17) is 4.98 Å². The molecule has 0 radical (unpaired) electrons. The van der Waals surface area contributed by atoms with Gasteiger partial charge in [-0.2, -0.15) is 0 Å². The molecule has 4 heteroatoms. The minimum atomic E-state index is 0.215. The van der Waals surface area contributed by atoms with Gasteiger partial charge in [0.15, 0.2) is 0 Å². The van der Waals surface area contributed by atoms with E-state index in [9.17, 15) is 5.11 Å². The number of aromatic hydroxyl groups is 1. The maximum Gasteiger partial charge on any atom is 0.139 e. The van der Waals surface area contributed by atoms with Gasteiger partial charge in [0.1, 0.15) is 5.75 Å². The second-order valence-electron chi connectivity index (χ2n) is 6.04. The fourth-order valence-corrected chi connectivity index (χ4v) is 3.31. The van der Waals surface area contributed by atoms with Gasteiger partial charge in [0.05, 0.1) is 27.9 Å². The summed E-state index contributed by atoms with van der Waals surface area (Å²) in [6.07, 6.45) is 0. The maximum atomic E-state index is 10.2. The molecule has 0 aliphatic carbocycles. The van der Waals surface area contributed by atoms with Crippen LogP contribution in [0.15, 0.2) is 72.8 Å². The third-order valence-electron chi connectivity index (χ3n) is 4.50. The lowest BCUT2D eigenvalue weighted by Crippen LogP contribution is -1.95. The zero-order valence-corrected chi connectivity index (χ0v) is 13.3. The van der Waals surface area contributed by atoms with Crippen LogP contribution in [-0.4, -0.2) is 15.1 Å². The van der Waals surface area contributed by atoms with Gasteiger partial charge in [-0.1, -0.05) is 48.5 Å². The molecule has 3 N–H and O–H groups in total. The number of phenols is 1. The van der Waals surface area contributed by atoms with Gasteiger partial charge in [-0.3, -0.25) is 0 Å². The number of hydrogen-bond acceptors (Lipinski definition) is 3. The molecule has 5 aromatic rings. The summed E-state index contributed by atoms with van der Waals surface area (Å²) in [6.45, 7) is 0. The van der Waals surface area contributed by atoms with E-state index in [1.165, 1.54) is 0 Å². The summed E-state index contributed by atoms with van der Waals surface area (Å²) in [4.78, 5) is 8.33. The molecule has 0 atom stereocenters. The van der Waals surface area contributed by atoms with E-state index in [1.54, 1.807) is 6.07 Å². The molecule has 120 valence electrons. The topological polar surface area (TPSA) is 60.9 Å². The number of aromatic nitrogens is 2. The van der Waals surface area contributed by atoms with Crippen molar-refractivity contribution in [1.82, 2.24) is 9.97 Å². The first-order valence-corrected chi connectivity index (χ1v) is 8.15. The Morgan fingerprint density at radius 3 is 2.40 bits per heavy atom. The Morgan fingerprint density at radius 2 is 1.52 bits per heavy atom. The van der Waals surface area contributed by atoms with Crippen molar-refractivity contribution in [3.8, 4) is 5.75 Å². The maximum absolute atomic E-state index is 10.2. The molecule has 4 nitrogen and oxygen atoms in total. The number of para-hydroxylation sites is 4. The Kier molecular flexibility index (Phi) is 2.91. The van der Waals surface area contributed by atoms with Gasteiger partial charge in [0.2, 0.25) is 0 Å². The average molecular weight is 325 g/mol. The number of benzene rings is 3. The number of nitrogens with one attached hydrogen (secondary N) is 2. The molecule has 0 unspecified atom stereocenters. The summed E-state index contributed by atoms with van der Waals surface area (Å²) < 4.78 is 0. The van der Waals surface area contributed by atoms with Gasteiger partial charge in [0, 0.05) is 16.3 Å². The van der Waals surface area contributed by atoms with Gasteiger partial charge in [-0.05, 0) is 24.3 Å². The third-order valence-corrected chi connectivity index (χ3v) is 4.50. The van der Waals surface area contributed by atoms with Crippen LogP contribution in [0, 0.1) is 0 Å². The molecule has 0 fully saturated rings. The van der Waals surface area contributed by atoms with E-state index in [0.29, 0.717) is 5.69 Å². The SMILES string of the molecule is Oc1ccccc1Nc1c2ccccc2nc2c1[nH]c1ccccc12. The van der Waals surface area contributed by atoms with Gasteiger partial charge in [-0.15, -0.1) is 0 Å². The van der Waals surface area contributed by atoms with Crippen molar-refractivity contribution < 1.29 is 5.11 Å². The van der Waals surface area contributed by atoms with Crippen molar-refractivity contribution in [2.75, 3.05) is 5.32 Å². The molecule has 5 rings (SSSR count). The Bertz CT molecular complexity index is 1240. The number of pyridine rings is 1. The fraction of sp³-hybridized carbons (Fsp3) is 0.